The van der Waals surface area contributed by atoms with Gasteiger partial charge < -0.3 is 9.47 Å². The number of anilines is 1. The van der Waals surface area contributed by atoms with E-state index >= 15 is 0 Å². The molecule has 2 aromatic carbocycles. The van der Waals surface area contributed by atoms with E-state index in [0.29, 0.717) is 28.3 Å². The van der Waals surface area contributed by atoms with Gasteiger partial charge in [-0.2, -0.15) is 0 Å². The van der Waals surface area contributed by atoms with Gasteiger partial charge in [0.05, 0.1) is 7.11 Å². The number of thioether (sulfide) groups is 1. The smallest absolute Gasteiger partial charge is 0.250 e. The van der Waals surface area contributed by atoms with Gasteiger partial charge in [-0.15, -0.1) is 10.2 Å². The van der Waals surface area contributed by atoms with Gasteiger partial charge in [0.25, 0.3) is 0 Å². The number of halogens is 1. The average molecular weight is 448 g/mol. The van der Waals surface area contributed by atoms with Crippen molar-refractivity contribution >= 4 is 51.8 Å². The van der Waals surface area contributed by atoms with Crippen LogP contribution in [0.3, 0.4) is 0 Å². The topological polar surface area (TPSA) is 73.3 Å². The summed E-state index contributed by atoms with van der Waals surface area (Å²) in [6.07, 6.45) is 5.03. The SMILES string of the molecule is COc1cc(/C=C/C(=O)Nc2nnc(SC)s2)ccc1OCc1ccc(Cl)cc1. The van der Waals surface area contributed by atoms with Gasteiger partial charge in [-0.1, -0.05) is 52.9 Å². The number of aromatic nitrogens is 2. The van der Waals surface area contributed by atoms with Gasteiger partial charge in [0.15, 0.2) is 15.8 Å². The van der Waals surface area contributed by atoms with E-state index in [-0.39, 0.29) is 5.91 Å². The molecular weight excluding hydrogens is 430 g/mol. The fourth-order valence-corrected chi connectivity index (χ4v) is 3.61. The van der Waals surface area contributed by atoms with Gasteiger partial charge in [-0.25, -0.2) is 0 Å². The molecule has 0 atom stereocenters. The lowest BCUT2D eigenvalue weighted by Gasteiger charge is -2.11. The van der Waals surface area contributed by atoms with E-state index in [1.807, 2.05) is 42.7 Å². The van der Waals surface area contributed by atoms with Crippen molar-refractivity contribution in [3.8, 4) is 11.5 Å². The molecule has 29 heavy (non-hydrogen) atoms. The van der Waals surface area contributed by atoms with Gasteiger partial charge >= 0.3 is 0 Å². The highest BCUT2D eigenvalue weighted by atomic mass is 35.5. The maximum absolute atomic E-state index is 12.1. The van der Waals surface area contributed by atoms with Crippen LogP contribution in [-0.4, -0.2) is 29.5 Å². The first-order chi connectivity index (χ1) is 14.1. The van der Waals surface area contributed by atoms with Crippen LogP contribution in [0.25, 0.3) is 6.08 Å². The maximum atomic E-state index is 12.1. The molecule has 0 aliphatic heterocycles. The Morgan fingerprint density at radius 2 is 2.00 bits per heavy atom. The fourth-order valence-electron chi connectivity index (χ4n) is 2.31. The molecule has 3 rings (SSSR count). The Balaban J connectivity index is 1.61. The fraction of sp³-hybridized carbons (Fsp3) is 0.150. The van der Waals surface area contributed by atoms with Crippen molar-refractivity contribution in [1.29, 1.82) is 0 Å². The van der Waals surface area contributed by atoms with Crippen molar-refractivity contribution in [2.24, 2.45) is 0 Å². The van der Waals surface area contributed by atoms with Crippen molar-refractivity contribution in [2.75, 3.05) is 18.7 Å². The summed E-state index contributed by atoms with van der Waals surface area (Å²) < 4.78 is 12.0. The Morgan fingerprint density at radius 1 is 1.21 bits per heavy atom. The van der Waals surface area contributed by atoms with E-state index in [9.17, 15) is 4.79 Å². The molecule has 1 N–H and O–H groups in total. The lowest BCUT2D eigenvalue weighted by atomic mass is 10.2. The Bertz CT molecular complexity index is 1010. The second-order valence-corrected chi connectivity index (χ2v) is 8.19. The Hall–Kier alpha value is -2.55. The summed E-state index contributed by atoms with van der Waals surface area (Å²) in [7, 11) is 1.57. The predicted molar refractivity (Wildman–Crippen MR) is 118 cm³/mol. The molecule has 0 aliphatic rings. The van der Waals surface area contributed by atoms with Crippen LogP contribution in [0.15, 0.2) is 52.9 Å². The molecule has 0 unspecified atom stereocenters. The number of carbonyl (C=O) groups excluding carboxylic acids is 1. The lowest BCUT2D eigenvalue weighted by Crippen LogP contribution is -2.07. The number of hydrogen-bond donors (Lipinski definition) is 1. The monoisotopic (exact) mass is 447 g/mol. The summed E-state index contributed by atoms with van der Waals surface area (Å²) in [5.74, 6) is 0.911. The van der Waals surface area contributed by atoms with Crippen LogP contribution in [0.4, 0.5) is 5.13 Å². The third-order valence-corrected chi connectivity index (χ3v) is 5.80. The van der Waals surface area contributed by atoms with E-state index in [0.717, 1.165) is 15.5 Å². The van der Waals surface area contributed by atoms with E-state index in [1.54, 1.807) is 19.3 Å². The second-order valence-electron chi connectivity index (χ2n) is 5.73. The maximum Gasteiger partial charge on any atom is 0.250 e. The van der Waals surface area contributed by atoms with Gasteiger partial charge in [0, 0.05) is 11.1 Å². The highest BCUT2D eigenvalue weighted by molar-refractivity contribution is 8.00. The standard InChI is InChI=1S/C20H18ClN3O3S2/c1-26-17-11-13(6-10-18(25)22-19-23-24-20(28-2)29-19)5-9-16(17)27-12-14-3-7-15(21)8-4-14/h3-11H,12H2,1-2H3,(H,22,23,25)/b10-6+. The Labute approximate surface area is 181 Å². The van der Waals surface area contributed by atoms with Crippen molar-refractivity contribution in [2.45, 2.75) is 10.9 Å². The van der Waals surface area contributed by atoms with Crippen LogP contribution in [0.2, 0.25) is 5.02 Å². The third-order valence-electron chi connectivity index (χ3n) is 3.73. The highest BCUT2D eigenvalue weighted by Crippen LogP contribution is 2.29. The average Bonchev–Trinajstić information content (AvgIpc) is 3.19. The number of benzene rings is 2. The molecule has 0 bridgehead atoms. The number of hydrogen-bond acceptors (Lipinski definition) is 7. The zero-order valence-electron chi connectivity index (χ0n) is 15.7. The van der Waals surface area contributed by atoms with Crippen molar-refractivity contribution in [3.63, 3.8) is 0 Å². The largest absolute Gasteiger partial charge is 0.493 e. The molecule has 9 heteroatoms. The summed E-state index contributed by atoms with van der Waals surface area (Å²) >= 11 is 8.70. The molecule has 3 aromatic rings. The van der Waals surface area contributed by atoms with E-state index < -0.39 is 0 Å². The summed E-state index contributed by atoms with van der Waals surface area (Å²) in [5, 5.41) is 11.7. The minimum absolute atomic E-state index is 0.282. The number of carbonyl (C=O) groups is 1. The minimum Gasteiger partial charge on any atom is -0.493 e. The van der Waals surface area contributed by atoms with E-state index in [2.05, 4.69) is 15.5 Å². The summed E-state index contributed by atoms with van der Waals surface area (Å²) in [5.41, 5.74) is 1.80. The van der Waals surface area contributed by atoms with E-state index in [1.165, 1.54) is 29.2 Å². The molecule has 1 amide bonds. The van der Waals surface area contributed by atoms with Crippen molar-refractivity contribution in [3.05, 3.63) is 64.7 Å². The number of nitrogens with zero attached hydrogens (tertiary/aromatic N) is 2. The molecule has 0 spiro atoms. The molecule has 0 fully saturated rings. The normalized spacial score (nSPS) is 10.9. The van der Waals surface area contributed by atoms with Crippen molar-refractivity contribution in [1.82, 2.24) is 10.2 Å². The first-order valence-corrected chi connectivity index (χ1v) is 10.9. The molecule has 1 aromatic heterocycles. The first-order valence-electron chi connectivity index (χ1n) is 8.49. The lowest BCUT2D eigenvalue weighted by molar-refractivity contribution is -0.111. The summed E-state index contributed by atoms with van der Waals surface area (Å²) in [6.45, 7) is 0.394. The number of amides is 1. The molecule has 6 nitrogen and oxygen atoms in total. The molecule has 150 valence electrons. The first kappa shape index (κ1) is 21.2. The zero-order valence-corrected chi connectivity index (χ0v) is 18.1. The Morgan fingerprint density at radius 3 is 2.69 bits per heavy atom. The van der Waals surface area contributed by atoms with Crippen LogP contribution in [0, 0.1) is 0 Å². The van der Waals surface area contributed by atoms with Gasteiger partial charge in [0.1, 0.15) is 6.61 Å². The molecular formula is C20H18ClN3O3S2. The van der Waals surface area contributed by atoms with Gasteiger partial charge in [-0.05, 0) is 47.7 Å². The second kappa shape index (κ2) is 10.3. The predicted octanol–water partition coefficient (Wildman–Crippen LogP) is 5.15. The van der Waals surface area contributed by atoms with Crippen LogP contribution in [0.1, 0.15) is 11.1 Å². The summed E-state index contributed by atoms with van der Waals surface area (Å²) in [6, 6.07) is 12.9. The molecule has 0 aliphatic carbocycles. The van der Waals surface area contributed by atoms with Crippen LogP contribution >= 0.6 is 34.7 Å². The highest BCUT2D eigenvalue weighted by Gasteiger charge is 2.07. The molecule has 1 heterocycles. The third kappa shape index (κ3) is 6.22. The quantitative estimate of drug-likeness (QED) is 0.292. The minimum atomic E-state index is -0.282. The van der Waals surface area contributed by atoms with Crippen molar-refractivity contribution < 1.29 is 14.3 Å². The van der Waals surface area contributed by atoms with Gasteiger partial charge in [0.2, 0.25) is 11.0 Å². The Kier molecular flexibility index (Phi) is 7.51. The van der Waals surface area contributed by atoms with Gasteiger partial charge in [-0.3, -0.25) is 10.1 Å². The van der Waals surface area contributed by atoms with Crippen LogP contribution in [-0.2, 0) is 11.4 Å². The van der Waals surface area contributed by atoms with Crippen LogP contribution in [0.5, 0.6) is 11.5 Å². The molecule has 0 radical (unpaired) electrons. The zero-order chi connectivity index (χ0) is 20.6. The number of rotatable bonds is 8. The van der Waals surface area contributed by atoms with E-state index in [4.69, 9.17) is 21.1 Å². The molecule has 0 saturated heterocycles. The van der Waals surface area contributed by atoms with Crippen LogP contribution < -0.4 is 14.8 Å². The number of methoxy groups -OCH3 is 1. The summed E-state index contributed by atoms with van der Waals surface area (Å²) in [4.78, 5) is 12.1. The molecule has 0 saturated carbocycles. The number of ether oxygens (including phenoxy) is 2. The number of nitrogens with one attached hydrogen (secondary N) is 1.